The Kier molecular flexibility index (Phi) is 11.9. The summed E-state index contributed by atoms with van der Waals surface area (Å²) in [4.78, 5) is 43.4. The number of ether oxygens (including phenoxy) is 1. The van der Waals surface area contributed by atoms with Crippen molar-refractivity contribution in [2.45, 2.75) is 51.7 Å². The Labute approximate surface area is 288 Å². The summed E-state index contributed by atoms with van der Waals surface area (Å²) in [7, 11) is 0. The number of hydrogen-bond acceptors (Lipinski definition) is 7. The van der Waals surface area contributed by atoms with Crippen LogP contribution in [-0.2, 0) is 22.3 Å². The summed E-state index contributed by atoms with van der Waals surface area (Å²) in [5.41, 5.74) is 4.04. The van der Waals surface area contributed by atoms with E-state index < -0.39 is 28.6 Å². The highest BCUT2D eigenvalue weighted by atomic mass is 35.5. The highest BCUT2D eigenvalue weighted by Gasteiger charge is 2.33. The number of likely N-dealkylation sites (tertiary alicyclic amines) is 1. The van der Waals surface area contributed by atoms with Gasteiger partial charge in [0.1, 0.15) is 0 Å². The van der Waals surface area contributed by atoms with Crippen LogP contribution < -0.4 is 15.6 Å². The molecule has 2 aliphatic rings. The number of alkyl halides is 3. The van der Waals surface area contributed by atoms with Crippen LogP contribution in [0.1, 0.15) is 76.4 Å². The van der Waals surface area contributed by atoms with Crippen LogP contribution in [0.5, 0.6) is 0 Å². The molecule has 3 aromatic carbocycles. The van der Waals surface area contributed by atoms with E-state index in [-0.39, 0.29) is 28.7 Å². The molecule has 9 nitrogen and oxygen atoms in total. The molecule has 3 aromatic rings. The first-order valence-electron chi connectivity index (χ1n) is 16.4. The maximum absolute atomic E-state index is 13.5. The number of nitrogens with zero attached hydrogens (tertiary/aromatic N) is 3. The van der Waals surface area contributed by atoms with Gasteiger partial charge in [-0.25, -0.2) is 5.43 Å². The van der Waals surface area contributed by atoms with Crippen LogP contribution >= 0.6 is 11.6 Å². The van der Waals surface area contributed by atoms with E-state index in [2.05, 4.69) is 25.6 Å². The van der Waals surface area contributed by atoms with Crippen molar-refractivity contribution >= 4 is 47.0 Å². The molecule has 0 unspecified atom stereocenters. The second-order valence-corrected chi connectivity index (χ2v) is 12.6. The molecule has 2 N–H and O–H groups in total. The van der Waals surface area contributed by atoms with Gasteiger partial charge in [0, 0.05) is 30.9 Å². The second-order valence-electron chi connectivity index (χ2n) is 12.2. The second kappa shape index (κ2) is 16.3. The third-order valence-corrected chi connectivity index (χ3v) is 9.03. The zero-order valence-corrected chi connectivity index (χ0v) is 27.9. The van der Waals surface area contributed by atoms with Crippen molar-refractivity contribution in [1.82, 2.24) is 10.3 Å². The van der Waals surface area contributed by atoms with Gasteiger partial charge in [-0.2, -0.15) is 18.3 Å². The molecular formula is C36H39ClF3N5O4. The number of hydrogen-bond donors (Lipinski definition) is 2. The van der Waals surface area contributed by atoms with Gasteiger partial charge in [-0.15, -0.1) is 0 Å². The average Bonchev–Trinajstić information content (AvgIpc) is 3.09. The molecule has 0 aromatic heterocycles. The third-order valence-electron chi connectivity index (χ3n) is 8.70. The Morgan fingerprint density at radius 1 is 0.959 bits per heavy atom. The van der Waals surface area contributed by atoms with Gasteiger partial charge in [-0.05, 0) is 106 Å². The van der Waals surface area contributed by atoms with Crippen molar-refractivity contribution < 1.29 is 32.3 Å². The molecule has 2 amide bonds. The normalized spacial score (nSPS) is 16.1. The Balaban J connectivity index is 1.29. The molecule has 0 atom stereocenters. The molecule has 2 fully saturated rings. The van der Waals surface area contributed by atoms with Crippen molar-refractivity contribution in [3.63, 3.8) is 0 Å². The molecule has 0 aliphatic carbocycles. The van der Waals surface area contributed by atoms with E-state index in [9.17, 15) is 27.6 Å². The van der Waals surface area contributed by atoms with Gasteiger partial charge in [0.15, 0.2) is 0 Å². The van der Waals surface area contributed by atoms with Crippen LogP contribution in [0.15, 0.2) is 65.8 Å². The number of hydrazone groups is 1. The SMILES string of the molecule is CCOC(=O)C1CCN(Cc2cccc(C(=O)Nc3ccc(N4CCCCC4)cc3C(=O)N/N=C\c3ccc(Cl)c(C(F)(F)F)c3)c2)CC1. The van der Waals surface area contributed by atoms with Crippen LogP contribution in [-0.4, -0.2) is 61.7 Å². The number of amides is 2. The summed E-state index contributed by atoms with van der Waals surface area (Å²) < 4.78 is 45.1. The van der Waals surface area contributed by atoms with Crippen LogP contribution in [0.3, 0.4) is 0 Å². The number of benzene rings is 3. The fourth-order valence-corrected chi connectivity index (χ4v) is 6.32. The van der Waals surface area contributed by atoms with E-state index in [4.69, 9.17) is 16.3 Å². The standard InChI is InChI=1S/C36H39ClF3N5O4/c1-2-49-35(48)26-13-17-44(18-14-26)23-25-7-6-8-27(19-25)33(46)42-32-12-10-28(45-15-4-3-5-16-45)21-29(32)34(47)43-41-22-24-9-11-31(37)30(20-24)36(38,39)40/h6-12,19-22,26H,2-5,13-18,23H2,1H3,(H,42,46)(H,43,47)/b41-22-. The topological polar surface area (TPSA) is 103 Å². The maximum Gasteiger partial charge on any atom is 0.417 e. The number of piperidine rings is 2. The zero-order valence-electron chi connectivity index (χ0n) is 27.2. The quantitative estimate of drug-likeness (QED) is 0.133. The molecule has 260 valence electrons. The Bertz CT molecular complexity index is 1690. The predicted molar refractivity (Wildman–Crippen MR) is 183 cm³/mol. The zero-order chi connectivity index (χ0) is 35.0. The van der Waals surface area contributed by atoms with Crippen LogP contribution in [0.4, 0.5) is 24.5 Å². The first-order valence-corrected chi connectivity index (χ1v) is 16.8. The predicted octanol–water partition coefficient (Wildman–Crippen LogP) is 7.14. The number of esters is 1. The van der Waals surface area contributed by atoms with Crippen molar-refractivity contribution in [3.05, 3.63) is 93.5 Å². The summed E-state index contributed by atoms with van der Waals surface area (Å²) >= 11 is 5.71. The highest BCUT2D eigenvalue weighted by Crippen LogP contribution is 2.35. The summed E-state index contributed by atoms with van der Waals surface area (Å²) in [6.07, 6.45) is 1.05. The van der Waals surface area contributed by atoms with E-state index in [1.54, 1.807) is 37.3 Å². The molecule has 2 saturated heterocycles. The number of carbonyl (C=O) groups is 3. The molecule has 0 radical (unpaired) electrons. The molecule has 13 heteroatoms. The summed E-state index contributed by atoms with van der Waals surface area (Å²) in [6.45, 7) is 5.93. The summed E-state index contributed by atoms with van der Waals surface area (Å²) in [6, 6.07) is 15.8. The van der Waals surface area contributed by atoms with Crippen molar-refractivity contribution in [1.29, 1.82) is 0 Å². The lowest BCUT2D eigenvalue weighted by Gasteiger charge is -2.30. The van der Waals surface area contributed by atoms with Gasteiger partial charge in [-0.3, -0.25) is 19.3 Å². The fraction of sp³-hybridized carbons (Fsp3) is 0.389. The lowest BCUT2D eigenvalue weighted by atomic mass is 9.96. The Morgan fingerprint density at radius 2 is 1.71 bits per heavy atom. The largest absolute Gasteiger partial charge is 0.466 e. The first-order chi connectivity index (χ1) is 23.5. The molecule has 5 rings (SSSR count). The first kappa shape index (κ1) is 35.9. The van der Waals surface area contributed by atoms with Gasteiger partial charge >= 0.3 is 12.1 Å². The molecular weight excluding hydrogens is 659 g/mol. The number of halogens is 4. The van der Waals surface area contributed by atoms with Crippen LogP contribution in [0.2, 0.25) is 5.02 Å². The van der Waals surface area contributed by atoms with Crippen molar-refractivity contribution in [2.75, 3.05) is 43.0 Å². The lowest BCUT2D eigenvalue weighted by Crippen LogP contribution is -2.36. The van der Waals surface area contributed by atoms with Gasteiger partial charge in [0.05, 0.1) is 40.6 Å². The summed E-state index contributed by atoms with van der Waals surface area (Å²) in [5.74, 6) is -1.29. The molecule has 2 heterocycles. The highest BCUT2D eigenvalue weighted by molar-refractivity contribution is 6.31. The van der Waals surface area contributed by atoms with Gasteiger partial charge in [0.2, 0.25) is 0 Å². The van der Waals surface area contributed by atoms with Crippen molar-refractivity contribution in [2.24, 2.45) is 11.0 Å². The van der Waals surface area contributed by atoms with E-state index >= 15 is 0 Å². The minimum Gasteiger partial charge on any atom is -0.466 e. The Morgan fingerprint density at radius 3 is 2.43 bits per heavy atom. The maximum atomic E-state index is 13.5. The lowest BCUT2D eigenvalue weighted by molar-refractivity contribution is -0.149. The van der Waals surface area contributed by atoms with Gasteiger partial charge in [-0.1, -0.05) is 29.8 Å². The average molecular weight is 698 g/mol. The van der Waals surface area contributed by atoms with Gasteiger partial charge < -0.3 is 15.0 Å². The van der Waals surface area contributed by atoms with E-state index in [1.807, 2.05) is 12.1 Å². The third kappa shape index (κ3) is 9.60. The number of rotatable bonds is 10. The van der Waals surface area contributed by atoms with Crippen molar-refractivity contribution in [3.8, 4) is 0 Å². The summed E-state index contributed by atoms with van der Waals surface area (Å²) in [5, 5.41) is 6.31. The van der Waals surface area contributed by atoms with E-state index in [0.29, 0.717) is 18.7 Å². The molecule has 0 saturated carbocycles. The number of carbonyl (C=O) groups excluding carboxylic acids is 3. The smallest absolute Gasteiger partial charge is 0.417 e. The molecule has 0 spiro atoms. The van der Waals surface area contributed by atoms with Crippen LogP contribution in [0.25, 0.3) is 0 Å². The molecule has 0 bridgehead atoms. The van der Waals surface area contributed by atoms with Gasteiger partial charge in [0.25, 0.3) is 11.8 Å². The van der Waals surface area contributed by atoms with E-state index in [0.717, 1.165) is 87.9 Å². The fourth-order valence-electron chi connectivity index (χ4n) is 6.09. The number of nitrogens with one attached hydrogen (secondary N) is 2. The minimum atomic E-state index is -4.64. The minimum absolute atomic E-state index is 0.0913. The Hall–Kier alpha value is -4.42. The van der Waals surface area contributed by atoms with E-state index in [1.165, 1.54) is 6.07 Å². The monoisotopic (exact) mass is 697 g/mol. The number of anilines is 2. The molecule has 49 heavy (non-hydrogen) atoms. The molecule has 2 aliphatic heterocycles. The van der Waals surface area contributed by atoms with Crippen LogP contribution in [0, 0.1) is 5.92 Å².